The average molecular weight is 203 g/mol. The van der Waals surface area contributed by atoms with Gasteiger partial charge in [0.25, 0.3) is 0 Å². The molecule has 0 bridgehead atoms. The molecule has 0 amide bonds. The molecule has 0 saturated heterocycles. The van der Waals surface area contributed by atoms with Gasteiger partial charge >= 0.3 is 0 Å². The number of hydrogen-bond donors (Lipinski definition) is 0. The first kappa shape index (κ1) is 7.47. The van der Waals surface area contributed by atoms with Crippen molar-refractivity contribution in [3.05, 3.63) is 16.2 Å². The smallest absolute Gasteiger partial charge is 0.247 e. The molecule has 0 unspecified atom stereocenters. The monoisotopic (exact) mass is 202 g/mol. The minimum absolute atomic E-state index is 0.519. The summed E-state index contributed by atoms with van der Waals surface area (Å²) in [6, 6.07) is 1.85. The van der Waals surface area contributed by atoms with Crippen LogP contribution in [0.3, 0.4) is 0 Å². The van der Waals surface area contributed by atoms with Gasteiger partial charge in [-0.05, 0) is 28.9 Å². The normalized spacial score (nSPS) is 9.50. The molecule has 0 aromatic carbocycles. The third-order valence-corrected chi connectivity index (χ3v) is 1.60. The molecule has 0 spiro atoms. The number of ether oxygens (including phenoxy) is 1. The zero-order valence-corrected chi connectivity index (χ0v) is 7.34. The van der Waals surface area contributed by atoms with E-state index < -0.39 is 0 Å². The summed E-state index contributed by atoms with van der Waals surface area (Å²) in [5.74, 6) is 0.519. The van der Waals surface area contributed by atoms with Crippen molar-refractivity contribution >= 4 is 15.9 Å². The molecule has 0 aliphatic heterocycles. The number of rotatable bonds is 1. The molecule has 1 aromatic rings. The van der Waals surface area contributed by atoms with Crippen LogP contribution in [-0.2, 0) is 0 Å². The molecule has 0 N–H and O–H groups in total. The van der Waals surface area contributed by atoms with Crippen LogP contribution in [0.5, 0.6) is 5.88 Å². The van der Waals surface area contributed by atoms with Crippen LogP contribution in [0.2, 0.25) is 0 Å². The maximum atomic E-state index is 4.88. The van der Waals surface area contributed by atoms with Gasteiger partial charge in [0, 0.05) is 0 Å². The fraction of sp³-hybridized carbons (Fsp3) is 0.333. The van der Waals surface area contributed by atoms with Crippen LogP contribution in [0.4, 0.5) is 0 Å². The number of aryl methyl sites for hydroxylation is 1. The van der Waals surface area contributed by atoms with Gasteiger partial charge in [0.2, 0.25) is 5.88 Å². The Kier molecular flexibility index (Phi) is 2.21. The van der Waals surface area contributed by atoms with Crippen LogP contribution in [0.25, 0.3) is 0 Å². The Morgan fingerprint density at radius 1 is 1.50 bits per heavy atom. The highest BCUT2D eigenvalue weighted by Gasteiger charge is 2.00. The number of nitrogens with zero attached hydrogens (tertiary/aromatic N) is 2. The Bertz CT molecular complexity index is 239. The van der Waals surface area contributed by atoms with E-state index in [1.54, 1.807) is 7.11 Å². The summed E-state index contributed by atoms with van der Waals surface area (Å²) in [5, 5.41) is 7.58. The first-order valence-corrected chi connectivity index (χ1v) is 3.57. The van der Waals surface area contributed by atoms with Crippen molar-refractivity contribution in [3.63, 3.8) is 0 Å². The van der Waals surface area contributed by atoms with Gasteiger partial charge in [-0.2, -0.15) is 5.10 Å². The molecule has 0 aliphatic rings. The van der Waals surface area contributed by atoms with E-state index in [1.807, 2.05) is 13.0 Å². The molecule has 0 radical (unpaired) electrons. The molecule has 4 heteroatoms. The predicted molar refractivity (Wildman–Crippen MR) is 41.0 cm³/mol. The van der Waals surface area contributed by atoms with E-state index in [0.29, 0.717) is 5.88 Å². The van der Waals surface area contributed by atoms with Crippen molar-refractivity contribution in [1.82, 2.24) is 10.2 Å². The lowest BCUT2D eigenvalue weighted by Gasteiger charge is -1.99. The zero-order valence-electron chi connectivity index (χ0n) is 5.76. The number of hydrogen-bond acceptors (Lipinski definition) is 3. The number of halogens is 1. The van der Waals surface area contributed by atoms with Crippen molar-refractivity contribution in [3.8, 4) is 5.88 Å². The van der Waals surface area contributed by atoms with E-state index in [-0.39, 0.29) is 0 Å². The molecule has 0 saturated carbocycles. The zero-order chi connectivity index (χ0) is 7.56. The molecule has 0 atom stereocenters. The van der Waals surface area contributed by atoms with Crippen molar-refractivity contribution in [1.29, 1.82) is 0 Å². The van der Waals surface area contributed by atoms with Crippen LogP contribution in [-0.4, -0.2) is 17.3 Å². The van der Waals surface area contributed by atoms with Gasteiger partial charge in [-0.1, -0.05) is 0 Å². The van der Waals surface area contributed by atoms with Gasteiger partial charge < -0.3 is 4.74 Å². The molecular weight excluding hydrogens is 196 g/mol. The SMILES string of the molecule is COc1nnc(C)cc1Br. The van der Waals surface area contributed by atoms with E-state index in [4.69, 9.17) is 4.74 Å². The Morgan fingerprint density at radius 2 is 2.20 bits per heavy atom. The van der Waals surface area contributed by atoms with Crippen LogP contribution in [0.15, 0.2) is 10.5 Å². The molecule has 3 nitrogen and oxygen atoms in total. The lowest BCUT2D eigenvalue weighted by atomic mass is 10.4. The number of aromatic nitrogens is 2. The topological polar surface area (TPSA) is 35.0 Å². The summed E-state index contributed by atoms with van der Waals surface area (Å²) in [7, 11) is 1.56. The van der Waals surface area contributed by atoms with E-state index in [0.717, 1.165) is 10.2 Å². The summed E-state index contributed by atoms with van der Waals surface area (Å²) in [5.41, 5.74) is 0.868. The Morgan fingerprint density at radius 3 is 2.70 bits per heavy atom. The molecule has 1 rings (SSSR count). The highest BCUT2D eigenvalue weighted by Crippen LogP contribution is 2.20. The van der Waals surface area contributed by atoms with Crippen molar-refractivity contribution < 1.29 is 4.74 Å². The summed E-state index contributed by atoms with van der Waals surface area (Å²) >= 11 is 3.28. The molecular formula is C6H7BrN2O. The van der Waals surface area contributed by atoms with E-state index in [1.165, 1.54) is 0 Å². The second-order valence-electron chi connectivity index (χ2n) is 1.84. The Hall–Kier alpha value is -0.640. The van der Waals surface area contributed by atoms with Gasteiger partial charge in [-0.15, -0.1) is 5.10 Å². The van der Waals surface area contributed by atoms with Gasteiger partial charge in [-0.3, -0.25) is 0 Å². The second-order valence-corrected chi connectivity index (χ2v) is 2.70. The second kappa shape index (κ2) is 2.96. The van der Waals surface area contributed by atoms with E-state index in [2.05, 4.69) is 26.1 Å². The van der Waals surface area contributed by atoms with Gasteiger partial charge in [0.15, 0.2) is 0 Å². The molecule has 1 heterocycles. The first-order chi connectivity index (χ1) is 4.74. The predicted octanol–water partition coefficient (Wildman–Crippen LogP) is 1.56. The van der Waals surface area contributed by atoms with E-state index in [9.17, 15) is 0 Å². The van der Waals surface area contributed by atoms with Crippen molar-refractivity contribution in [2.24, 2.45) is 0 Å². The first-order valence-electron chi connectivity index (χ1n) is 2.78. The average Bonchev–Trinajstić information content (AvgIpc) is 1.88. The lowest BCUT2D eigenvalue weighted by Crippen LogP contribution is -1.92. The maximum absolute atomic E-state index is 4.88. The molecule has 0 fully saturated rings. The molecule has 54 valence electrons. The molecule has 1 aromatic heterocycles. The van der Waals surface area contributed by atoms with Crippen LogP contribution < -0.4 is 4.74 Å². The number of methoxy groups -OCH3 is 1. The molecule has 10 heavy (non-hydrogen) atoms. The fourth-order valence-electron chi connectivity index (χ4n) is 0.584. The summed E-state index contributed by atoms with van der Waals surface area (Å²) in [6.07, 6.45) is 0. The lowest BCUT2D eigenvalue weighted by molar-refractivity contribution is 0.388. The maximum Gasteiger partial charge on any atom is 0.247 e. The quantitative estimate of drug-likeness (QED) is 0.694. The van der Waals surface area contributed by atoms with Crippen LogP contribution in [0, 0.1) is 6.92 Å². The van der Waals surface area contributed by atoms with Gasteiger partial charge in [-0.25, -0.2) is 0 Å². The summed E-state index contributed by atoms with van der Waals surface area (Å²) in [6.45, 7) is 1.87. The minimum atomic E-state index is 0.519. The van der Waals surface area contributed by atoms with Crippen LogP contribution >= 0.6 is 15.9 Å². The van der Waals surface area contributed by atoms with Crippen molar-refractivity contribution in [2.75, 3.05) is 7.11 Å². The highest BCUT2D eigenvalue weighted by molar-refractivity contribution is 9.10. The Balaban J connectivity index is 3.07. The summed E-state index contributed by atoms with van der Waals surface area (Å²) in [4.78, 5) is 0. The fourth-order valence-corrected chi connectivity index (χ4v) is 1.16. The third-order valence-electron chi connectivity index (χ3n) is 1.03. The standard InChI is InChI=1S/C6H7BrN2O/c1-4-3-5(7)6(10-2)9-8-4/h3H,1-2H3. The van der Waals surface area contributed by atoms with E-state index >= 15 is 0 Å². The largest absolute Gasteiger partial charge is 0.479 e. The van der Waals surface area contributed by atoms with Crippen molar-refractivity contribution in [2.45, 2.75) is 6.92 Å². The minimum Gasteiger partial charge on any atom is -0.479 e. The molecule has 0 aliphatic carbocycles. The third kappa shape index (κ3) is 1.44. The van der Waals surface area contributed by atoms with Gasteiger partial charge in [0.05, 0.1) is 17.3 Å². The van der Waals surface area contributed by atoms with Crippen LogP contribution in [0.1, 0.15) is 5.69 Å². The Labute approximate surface area is 67.6 Å². The highest BCUT2D eigenvalue weighted by atomic mass is 79.9. The van der Waals surface area contributed by atoms with Gasteiger partial charge in [0.1, 0.15) is 0 Å². The summed E-state index contributed by atoms with van der Waals surface area (Å²) < 4.78 is 5.72.